The minimum Gasteiger partial charge on any atom is -0.478 e. The van der Waals surface area contributed by atoms with Gasteiger partial charge in [-0.3, -0.25) is 0 Å². The number of esters is 1. The molecular formula is C35H30Cl4N2O4. The van der Waals surface area contributed by atoms with Crippen LogP contribution in [0.25, 0.3) is 0 Å². The molecule has 10 heteroatoms. The number of carboxylic acid groups (broad SMARTS) is 1. The molecule has 3 aromatic carbocycles. The van der Waals surface area contributed by atoms with Gasteiger partial charge in [-0.15, -0.1) is 0 Å². The Morgan fingerprint density at radius 2 is 1.16 bits per heavy atom. The molecule has 1 N–H and O–H groups in total. The predicted octanol–water partition coefficient (Wildman–Crippen LogP) is 10.6. The van der Waals surface area contributed by atoms with Gasteiger partial charge in [0.1, 0.15) is 0 Å². The molecular weight excluding hydrogens is 654 g/mol. The Morgan fingerprint density at radius 1 is 0.711 bits per heavy atom. The Balaban J connectivity index is 1.65. The fourth-order valence-electron chi connectivity index (χ4n) is 6.10. The third kappa shape index (κ3) is 6.12. The van der Waals surface area contributed by atoms with Crippen molar-refractivity contribution in [3.63, 3.8) is 0 Å². The molecule has 2 aliphatic heterocycles. The summed E-state index contributed by atoms with van der Waals surface area (Å²) in [6, 6.07) is 14.3. The zero-order valence-corrected chi connectivity index (χ0v) is 28.2. The summed E-state index contributed by atoms with van der Waals surface area (Å²) in [5.74, 6) is -2.36. The minimum absolute atomic E-state index is 0.0580. The van der Waals surface area contributed by atoms with Gasteiger partial charge in [0.15, 0.2) is 0 Å². The third-order valence-electron chi connectivity index (χ3n) is 8.00. The molecule has 2 heterocycles. The minimum atomic E-state index is -1.26. The molecule has 6 nitrogen and oxygen atoms in total. The van der Waals surface area contributed by atoms with Gasteiger partial charge >= 0.3 is 11.9 Å². The van der Waals surface area contributed by atoms with E-state index < -0.39 is 11.9 Å². The van der Waals surface area contributed by atoms with Crippen molar-refractivity contribution in [2.45, 2.75) is 39.5 Å². The number of nitrogens with zero attached hydrogens (tertiary/aromatic N) is 2. The molecule has 0 radical (unpaired) electrons. The zero-order valence-electron chi connectivity index (χ0n) is 25.2. The van der Waals surface area contributed by atoms with Crippen LogP contribution in [0.15, 0.2) is 95.6 Å². The number of allylic oxidation sites excluding steroid dienone is 8. The molecule has 0 aliphatic carbocycles. The summed E-state index contributed by atoms with van der Waals surface area (Å²) in [6.45, 7) is 7.67. The third-order valence-corrected chi connectivity index (χ3v) is 9.66. The van der Waals surface area contributed by atoms with Gasteiger partial charge in [-0.2, -0.15) is 0 Å². The molecule has 0 saturated heterocycles. The molecule has 0 atom stereocenters. The molecule has 0 spiro atoms. The van der Waals surface area contributed by atoms with Gasteiger partial charge in [0.2, 0.25) is 0 Å². The number of hydrogen-bond acceptors (Lipinski definition) is 5. The fourth-order valence-corrected chi connectivity index (χ4v) is 6.96. The molecule has 0 bridgehead atoms. The number of anilines is 2. The number of carbonyl (C=O) groups is 2. The van der Waals surface area contributed by atoms with E-state index in [1.165, 1.54) is 13.2 Å². The smallest absolute Gasteiger partial charge is 0.340 e. The number of methoxy groups -OCH3 is 1. The van der Waals surface area contributed by atoms with E-state index >= 15 is 0 Å². The Morgan fingerprint density at radius 3 is 1.58 bits per heavy atom. The van der Waals surface area contributed by atoms with Crippen LogP contribution >= 0.6 is 46.4 Å². The van der Waals surface area contributed by atoms with E-state index in [1.807, 2.05) is 86.1 Å². The van der Waals surface area contributed by atoms with Gasteiger partial charge in [0.05, 0.1) is 44.0 Å². The summed E-state index contributed by atoms with van der Waals surface area (Å²) in [4.78, 5) is 29.7. The summed E-state index contributed by atoms with van der Waals surface area (Å²) < 4.78 is 5.10. The topological polar surface area (TPSA) is 70.1 Å². The highest BCUT2D eigenvalue weighted by Crippen LogP contribution is 2.44. The van der Waals surface area contributed by atoms with E-state index in [0.717, 1.165) is 33.9 Å². The number of benzene rings is 3. The molecule has 45 heavy (non-hydrogen) atoms. The van der Waals surface area contributed by atoms with Crippen molar-refractivity contribution in [2.75, 3.05) is 16.9 Å². The lowest BCUT2D eigenvalue weighted by atomic mass is 9.92. The highest BCUT2D eigenvalue weighted by atomic mass is 35.5. The van der Waals surface area contributed by atoms with Crippen LogP contribution in [0.2, 0.25) is 20.1 Å². The lowest BCUT2D eigenvalue weighted by molar-refractivity contribution is 0.0583. The first-order chi connectivity index (χ1) is 21.3. The summed E-state index contributed by atoms with van der Waals surface area (Å²) in [7, 11) is 1.23. The van der Waals surface area contributed by atoms with E-state index in [-0.39, 0.29) is 23.0 Å². The molecule has 5 rings (SSSR count). The molecule has 0 unspecified atom stereocenters. The normalized spacial score (nSPS) is 15.8. The van der Waals surface area contributed by atoms with E-state index in [4.69, 9.17) is 51.1 Å². The quantitative estimate of drug-likeness (QED) is 0.261. The van der Waals surface area contributed by atoms with Crippen molar-refractivity contribution >= 4 is 69.7 Å². The van der Waals surface area contributed by atoms with Gasteiger partial charge < -0.3 is 19.6 Å². The molecule has 0 aromatic heterocycles. The van der Waals surface area contributed by atoms with Crippen LogP contribution in [0.4, 0.5) is 11.4 Å². The Kier molecular flexibility index (Phi) is 9.43. The van der Waals surface area contributed by atoms with Gasteiger partial charge in [-0.25, -0.2) is 9.59 Å². The van der Waals surface area contributed by atoms with Crippen LogP contribution < -0.4 is 9.80 Å². The van der Waals surface area contributed by atoms with Crippen molar-refractivity contribution in [1.29, 1.82) is 0 Å². The van der Waals surface area contributed by atoms with Crippen LogP contribution in [0.1, 0.15) is 71.4 Å². The highest BCUT2D eigenvalue weighted by molar-refractivity contribution is 6.43. The second-order valence-electron chi connectivity index (χ2n) is 10.9. The number of carboxylic acids is 1. The van der Waals surface area contributed by atoms with Crippen molar-refractivity contribution in [3.8, 4) is 0 Å². The van der Waals surface area contributed by atoms with Crippen LogP contribution in [-0.2, 0) is 4.74 Å². The van der Waals surface area contributed by atoms with E-state index in [0.29, 0.717) is 31.5 Å². The van der Waals surface area contributed by atoms with Gasteiger partial charge in [-0.05, 0) is 63.1 Å². The van der Waals surface area contributed by atoms with Crippen LogP contribution in [0.5, 0.6) is 0 Å². The number of aromatic carboxylic acids is 1. The maximum absolute atomic E-state index is 13.2. The molecule has 3 aromatic rings. The zero-order chi connectivity index (χ0) is 32.7. The van der Waals surface area contributed by atoms with Gasteiger partial charge in [0, 0.05) is 40.3 Å². The SMILES string of the molecule is COC(=O)c1c(C(=O)O)cc(N2C(C)=CC(c3cccc(Cl)c3Cl)C=C2C)cc1N1C(C)=CC(c2cccc(Cl)c2Cl)C=C1C. The predicted molar refractivity (Wildman–Crippen MR) is 183 cm³/mol. The second-order valence-corrected chi connectivity index (χ2v) is 12.5. The van der Waals surface area contributed by atoms with Crippen molar-refractivity contribution in [1.82, 2.24) is 0 Å². The van der Waals surface area contributed by atoms with Crippen LogP contribution in [-0.4, -0.2) is 24.2 Å². The Hall–Kier alpha value is -3.68. The van der Waals surface area contributed by atoms with Gasteiger partial charge in [0.25, 0.3) is 0 Å². The monoisotopic (exact) mass is 682 g/mol. The number of carbonyl (C=O) groups excluding carboxylic acids is 1. The van der Waals surface area contributed by atoms with Crippen molar-refractivity contribution in [2.24, 2.45) is 0 Å². The highest BCUT2D eigenvalue weighted by Gasteiger charge is 2.32. The maximum atomic E-state index is 13.2. The van der Waals surface area contributed by atoms with Crippen LogP contribution in [0.3, 0.4) is 0 Å². The van der Waals surface area contributed by atoms with Gasteiger partial charge in [-0.1, -0.05) is 95.0 Å². The van der Waals surface area contributed by atoms with Crippen molar-refractivity contribution < 1.29 is 19.4 Å². The number of hydrogen-bond donors (Lipinski definition) is 1. The average molecular weight is 684 g/mol. The van der Waals surface area contributed by atoms with E-state index in [2.05, 4.69) is 0 Å². The fraction of sp³-hybridized carbons (Fsp3) is 0.200. The molecule has 0 fully saturated rings. The largest absolute Gasteiger partial charge is 0.478 e. The summed E-state index contributed by atoms with van der Waals surface area (Å²) in [5, 5.41) is 12.2. The summed E-state index contributed by atoms with van der Waals surface area (Å²) >= 11 is 25.7. The number of ether oxygens (including phenoxy) is 1. The first-order valence-corrected chi connectivity index (χ1v) is 15.6. The standard InChI is InChI=1S/C35H30Cl4N2O4/c1-18-12-22(25-8-6-10-28(36)32(25)38)13-19(2)40(18)24-16-27(34(42)43)31(35(44)45-5)30(17-24)41-20(3)14-23(15-21(41)4)26-9-7-11-29(37)33(26)39/h6-17,22-23H,1-5H3,(H,42,43). The maximum Gasteiger partial charge on any atom is 0.340 e. The van der Waals surface area contributed by atoms with E-state index in [9.17, 15) is 14.7 Å². The summed E-state index contributed by atoms with van der Waals surface area (Å²) in [5.41, 5.74) is 5.61. The molecule has 232 valence electrons. The average Bonchev–Trinajstić information content (AvgIpc) is 2.98. The Labute approximate surface area is 282 Å². The lowest BCUT2D eigenvalue weighted by Gasteiger charge is -2.36. The second kappa shape index (κ2) is 13.0. The first kappa shape index (κ1) is 32.7. The molecule has 0 amide bonds. The lowest BCUT2D eigenvalue weighted by Crippen LogP contribution is -2.28. The molecule has 0 saturated carbocycles. The first-order valence-electron chi connectivity index (χ1n) is 14.0. The molecule has 2 aliphatic rings. The number of rotatable bonds is 6. The van der Waals surface area contributed by atoms with Crippen molar-refractivity contribution in [3.05, 3.63) is 138 Å². The summed E-state index contributed by atoms with van der Waals surface area (Å²) in [6.07, 6.45) is 8.06. The number of halogens is 4. The van der Waals surface area contributed by atoms with Crippen LogP contribution in [0, 0.1) is 0 Å². The van der Waals surface area contributed by atoms with E-state index in [1.54, 1.807) is 18.2 Å². The Bertz CT molecular complexity index is 1820.